The molecule has 7 nitrogen and oxygen atoms in total. The van der Waals surface area contributed by atoms with Gasteiger partial charge in [-0.2, -0.15) is 5.06 Å². The zero-order chi connectivity index (χ0) is 19.4. The molecule has 0 spiro atoms. The zero-order valence-electron chi connectivity index (χ0n) is 14.7. The van der Waals surface area contributed by atoms with E-state index in [-0.39, 0.29) is 18.2 Å². The average Bonchev–Trinajstić information content (AvgIpc) is 3.03. The number of carbonyl (C=O) groups excluding carboxylic acids is 2. The predicted octanol–water partition coefficient (Wildman–Crippen LogP) is 3.82. The number of benzene rings is 1. The van der Waals surface area contributed by atoms with Crippen LogP contribution >= 0.6 is 11.6 Å². The topological polar surface area (TPSA) is 85.5 Å². The van der Waals surface area contributed by atoms with E-state index in [2.05, 4.69) is 9.97 Å². The molecular weight excluding hydrogens is 370 g/mol. The Hall–Kier alpha value is -3.19. The van der Waals surface area contributed by atoms with Crippen LogP contribution in [0.3, 0.4) is 0 Å². The molecule has 1 aromatic carbocycles. The van der Waals surface area contributed by atoms with Crippen molar-refractivity contribution in [3.05, 3.63) is 70.8 Å². The van der Waals surface area contributed by atoms with Gasteiger partial charge in [0.05, 0.1) is 11.4 Å². The second-order valence-electron chi connectivity index (χ2n) is 5.69. The van der Waals surface area contributed by atoms with Crippen LogP contribution in [0.15, 0.2) is 53.1 Å². The maximum atomic E-state index is 12.9. The SMILES string of the molecule is CC(=O)ON(Cc1ccccn1)C(=O)c1oc(-c2ccc(Cl)cc2)nc1C. The lowest BCUT2D eigenvalue weighted by Crippen LogP contribution is -2.33. The largest absolute Gasteiger partial charge is 0.431 e. The molecule has 0 radical (unpaired) electrons. The van der Waals surface area contributed by atoms with Gasteiger partial charge in [-0.1, -0.05) is 17.7 Å². The summed E-state index contributed by atoms with van der Waals surface area (Å²) < 4.78 is 5.65. The molecule has 27 heavy (non-hydrogen) atoms. The average molecular weight is 386 g/mol. The summed E-state index contributed by atoms with van der Waals surface area (Å²) in [6.45, 7) is 2.84. The van der Waals surface area contributed by atoms with E-state index in [1.54, 1.807) is 55.6 Å². The highest BCUT2D eigenvalue weighted by Gasteiger charge is 2.27. The zero-order valence-corrected chi connectivity index (χ0v) is 15.4. The smallest absolute Gasteiger partial charge is 0.329 e. The molecule has 0 aliphatic heterocycles. The number of nitrogens with zero attached hydrogens (tertiary/aromatic N) is 3. The van der Waals surface area contributed by atoms with Gasteiger partial charge in [-0.15, -0.1) is 0 Å². The summed E-state index contributed by atoms with van der Waals surface area (Å²) in [7, 11) is 0. The van der Waals surface area contributed by atoms with Crippen molar-refractivity contribution >= 4 is 23.5 Å². The number of halogens is 1. The third-order valence-corrected chi connectivity index (χ3v) is 3.83. The summed E-state index contributed by atoms with van der Waals surface area (Å²) in [6, 6.07) is 12.1. The van der Waals surface area contributed by atoms with E-state index in [0.717, 1.165) is 5.06 Å². The highest BCUT2D eigenvalue weighted by atomic mass is 35.5. The van der Waals surface area contributed by atoms with Gasteiger partial charge >= 0.3 is 11.9 Å². The Labute approximate surface area is 160 Å². The molecule has 8 heteroatoms. The molecule has 3 aromatic rings. The molecule has 0 bridgehead atoms. The van der Waals surface area contributed by atoms with Gasteiger partial charge in [0.1, 0.15) is 6.54 Å². The minimum atomic E-state index is -0.630. The number of hydroxylamine groups is 2. The van der Waals surface area contributed by atoms with Crippen LogP contribution in [-0.2, 0) is 16.2 Å². The maximum Gasteiger partial charge on any atom is 0.329 e. The molecule has 0 atom stereocenters. The Bertz CT molecular complexity index is 955. The molecule has 0 aliphatic rings. The standard InChI is InChI=1S/C19H16ClN3O4/c1-12-17(26-18(22-12)14-6-8-15(20)9-7-14)19(25)23(27-13(2)24)11-16-5-3-4-10-21-16/h3-10H,11H2,1-2H3. The minimum Gasteiger partial charge on any atom is -0.431 e. The van der Waals surface area contributed by atoms with Crippen molar-refractivity contribution < 1.29 is 18.8 Å². The fourth-order valence-corrected chi connectivity index (χ4v) is 2.49. The van der Waals surface area contributed by atoms with Crippen LogP contribution in [0, 0.1) is 6.92 Å². The van der Waals surface area contributed by atoms with Gasteiger partial charge in [0.25, 0.3) is 0 Å². The Morgan fingerprint density at radius 3 is 2.56 bits per heavy atom. The number of pyridine rings is 1. The molecule has 0 saturated carbocycles. The van der Waals surface area contributed by atoms with Gasteiger partial charge in [0.15, 0.2) is 0 Å². The molecule has 0 N–H and O–H groups in total. The molecule has 0 aliphatic carbocycles. The lowest BCUT2D eigenvalue weighted by Gasteiger charge is -2.19. The number of rotatable bonds is 4. The van der Waals surface area contributed by atoms with Gasteiger partial charge in [0, 0.05) is 23.7 Å². The first-order chi connectivity index (χ1) is 12.9. The number of aromatic nitrogens is 2. The highest BCUT2D eigenvalue weighted by molar-refractivity contribution is 6.30. The normalized spacial score (nSPS) is 10.5. The molecular formula is C19H16ClN3O4. The van der Waals surface area contributed by atoms with Crippen molar-refractivity contribution in [2.45, 2.75) is 20.4 Å². The van der Waals surface area contributed by atoms with E-state index in [4.69, 9.17) is 20.9 Å². The number of hydrogen-bond donors (Lipinski definition) is 0. The van der Waals surface area contributed by atoms with Gasteiger partial charge in [0.2, 0.25) is 11.7 Å². The maximum absolute atomic E-state index is 12.9. The van der Waals surface area contributed by atoms with E-state index < -0.39 is 11.9 Å². The van der Waals surface area contributed by atoms with E-state index >= 15 is 0 Å². The van der Waals surface area contributed by atoms with Crippen molar-refractivity contribution in [2.24, 2.45) is 0 Å². The van der Waals surface area contributed by atoms with Crippen LogP contribution in [0.4, 0.5) is 0 Å². The van der Waals surface area contributed by atoms with Crippen LogP contribution in [0.1, 0.15) is 28.9 Å². The summed E-state index contributed by atoms with van der Waals surface area (Å²) >= 11 is 5.89. The molecule has 2 heterocycles. The van der Waals surface area contributed by atoms with E-state index in [1.165, 1.54) is 6.92 Å². The van der Waals surface area contributed by atoms with Gasteiger partial charge in [-0.25, -0.2) is 4.98 Å². The summed E-state index contributed by atoms with van der Waals surface area (Å²) in [5, 5.41) is 1.49. The van der Waals surface area contributed by atoms with Crippen LogP contribution in [0.25, 0.3) is 11.5 Å². The van der Waals surface area contributed by atoms with E-state index in [1.807, 2.05) is 0 Å². The van der Waals surface area contributed by atoms with Gasteiger partial charge < -0.3 is 9.25 Å². The van der Waals surface area contributed by atoms with Crippen LogP contribution in [-0.4, -0.2) is 26.9 Å². The van der Waals surface area contributed by atoms with Crippen LogP contribution < -0.4 is 0 Å². The fraction of sp³-hybridized carbons (Fsp3) is 0.158. The molecule has 138 valence electrons. The van der Waals surface area contributed by atoms with Crippen molar-refractivity contribution in [1.82, 2.24) is 15.0 Å². The molecule has 2 aromatic heterocycles. The van der Waals surface area contributed by atoms with Gasteiger partial charge in [-0.3, -0.25) is 14.6 Å². The molecule has 0 unspecified atom stereocenters. The Morgan fingerprint density at radius 2 is 1.93 bits per heavy atom. The lowest BCUT2D eigenvalue weighted by atomic mass is 10.2. The number of oxazole rings is 1. The predicted molar refractivity (Wildman–Crippen MR) is 97.6 cm³/mol. The molecule has 0 fully saturated rings. The number of carbonyl (C=O) groups is 2. The van der Waals surface area contributed by atoms with E-state index in [0.29, 0.717) is 22.0 Å². The second kappa shape index (κ2) is 8.01. The number of amides is 1. The summed E-state index contributed by atoms with van der Waals surface area (Å²) in [6.07, 6.45) is 1.59. The Kier molecular flexibility index (Phi) is 5.52. The summed E-state index contributed by atoms with van der Waals surface area (Å²) in [5.74, 6) is -0.999. The summed E-state index contributed by atoms with van der Waals surface area (Å²) in [5.41, 5.74) is 1.61. The molecule has 0 saturated heterocycles. The van der Waals surface area contributed by atoms with Crippen LogP contribution in [0.2, 0.25) is 5.02 Å². The van der Waals surface area contributed by atoms with Gasteiger partial charge in [-0.05, 0) is 43.3 Å². The van der Waals surface area contributed by atoms with Crippen molar-refractivity contribution in [3.63, 3.8) is 0 Å². The highest BCUT2D eigenvalue weighted by Crippen LogP contribution is 2.24. The number of hydrogen-bond acceptors (Lipinski definition) is 6. The van der Waals surface area contributed by atoms with E-state index in [9.17, 15) is 9.59 Å². The first-order valence-electron chi connectivity index (χ1n) is 8.07. The first kappa shape index (κ1) is 18.6. The molecule has 3 rings (SSSR count). The van der Waals surface area contributed by atoms with Crippen molar-refractivity contribution in [2.75, 3.05) is 0 Å². The number of aryl methyl sites for hydroxylation is 1. The van der Waals surface area contributed by atoms with Crippen molar-refractivity contribution in [3.8, 4) is 11.5 Å². The third-order valence-electron chi connectivity index (χ3n) is 3.58. The fourth-order valence-electron chi connectivity index (χ4n) is 2.36. The second-order valence-corrected chi connectivity index (χ2v) is 6.12. The quantitative estimate of drug-likeness (QED) is 0.634. The minimum absolute atomic E-state index is 0.0165. The Balaban J connectivity index is 1.89. The van der Waals surface area contributed by atoms with Crippen LogP contribution in [0.5, 0.6) is 0 Å². The third kappa shape index (κ3) is 4.51. The summed E-state index contributed by atoms with van der Waals surface area (Å²) in [4.78, 5) is 37.8. The van der Waals surface area contributed by atoms with Crippen molar-refractivity contribution in [1.29, 1.82) is 0 Å². The molecule has 1 amide bonds. The Morgan fingerprint density at radius 1 is 1.19 bits per heavy atom. The first-order valence-corrected chi connectivity index (χ1v) is 8.45. The monoisotopic (exact) mass is 385 g/mol. The lowest BCUT2D eigenvalue weighted by molar-refractivity contribution is -0.177.